The number of carbonyl (C=O) groups is 3. The predicted octanol–water partition coefficient (Wildman–Crippen LogP) is -0.675. The van der Waals surface area contributed by atoms with E-state index in [0.29, 0.717) is 0 Å². The van der Waals surface area contributed by atoms with Crippen LogP contribution in [0.4, 0.5) is 0 Å². The van der Waals surface area contributed by atoms with E-state index in [0.717, 1.165) is 0 Å². The minimum atomic E-state index is -0.981. The summed E-state index contributed by atoms with van der Waals surface area (Å²) < 4.78 is 0. The van der Waals surface area contributed by atoms with E-state index in [1.165, 1.54) is 4.90 Å². The molecular formula is C12H20N2O5. The van der Waals surface area contributed by atoms with E-state index in [9.17, 15) is 19.5 Å². The summed E-state index contributed by atoms with van der Waals surface area (Å²) in [5.74, 6) is -1.99. The number of hydrogen-bond donors (Lipinski definition) is 3. The zero-order chi connectivity index (χ0) is 14.8. The summed E-state index contributed by atoms with van der Waals surface area (Å²) in [6, 6.07) is -0.803. The van der Waals surface area contributed by atoms with Crippen molar-refractivity contribution in [3.63, 3.8) is 0 Å². The fourth-order valence-corrected chi connectivity index (χ4v) is 2.34. The number of carboxylic acids is 1. The highest BCUT2D eigenvalue weighted by Crippen LogP contribution is 2.28. The lowest BCUT2D eigenvalue weighted by atomic mass is 9.85. The van der Waals surface area contributed by atoms with Gasteiger partial charge < -0.3 is 20.8 Å². The lowest BCUT2D eigenvalue weighted by molar-refractivity contribution is -0.142. The predicted molar refractivity (Wildman–Crippen MR) is 66.0 cm³/mol. The van der Waals surface area contributed by atoms with Gasteiger partial charge in [-0.15, -0.1) is 0 Å². The topological polar surface area (TPSA) is 121 Å². The van der Waals surface area contributed by atoms with Gasteiger partial charge in [0.2, 0.25) is 11.8 Å². The Morgan fingerprint density at radius 3 is 2.37 bits per heavy atom. The molecule has 0 aliphatic carbocycles. The monoisotopic (exact) mass is 272 g/mol. The summed E-state index contributed by atoms with van der Waals surface area (Å²) in [5, 5.41) is 18.3. The van der Waals surface area contributed by atoms with Gasteiger partial charge in [-0.25, -0.2) is 0 Å². The molecule has 2 atom stereocenters. The maximum absolute atomic E-state index is 12.1. The first-order valence-electron chi connectivity index (χ1n) is 6.11. The summed E-state index contributed by atoms with van der Waals surface area (Å²) in [7, 11) is 0. The van der Waals surface area contributed by atoms with E-state index in [2.05, 4.69) is 0 Å². The smallest absolute Gasteiger partial charge is 0.303 e. The Bertz CT molecular complexity index is 394. The quantitative estimate of drug-likeness (QED) is 0.612. The molecule has 1 aliphatic rings. The second-order valence-electron chi connectivity index (χ2n) is 5.77. The summed E-state index contributed by atoms with van der Waals surface area (Å²) in [6.07, 6.45) is -0.767. The van der Waals surface area contributed by atoms with Gasteiger partial charge in [0.15, 0.2) is 0 Å². The van der Waals surface area contributed by atoms with Gasteiger partial charge in [-0.1, -0.05) is 13.8 Å². The van der Waals surface area contributed by atoms with Gasteiger partial charge in [-0.05, 0) is 5.41 Å². The maximum Gasteiger partial charge on any atom is 0.303 e. The third kappa shape index (κ3) is 4.20. The Hall–Kier alpha value is -1.63. The standard InChI is InChI=1S/C12H20N2O5/c1-12(2,5-10(17)18)4-9(16)14-6-7(15)3-8(14)11(13)19/h7-8,15H,3-6H2,1-2H3,(H2,13,19)(H,17,18). The molecule has 0 aromatic carbocycles. The van der Waals surface area contributed by atoms with Gasteiger partial charge in [0, 0.05) is 19.4 Å². The van der Waals surface area contributed by atoms with Crippen molar-refractivity contribution in [3.05, 3.63) is 0 Å². The summed E-state index contributed by atoms with van der Waals surface area (Å²) in [5.41, 5.74) is 4.48. The van der Waals surface area contributed by atoms with Gasteiger partial charge >= 0.3 is 5.97 Å². The van der Waals surface area contributed by atoms with Crippen LogP contribution in [0.1, 0.15) is 33.1 Å². The Kier molecular flexibility index (Phi) is 4.52. The number of carboxylic acid groups (broad SMARTS) is 1. The molecule has 2 unspecified atom stereocenters. The lowest BCUT2D eigenvalue weighted by Crippen LogP contribution is -2.45. The number of aliphatic carboxylic acids is 1. The first-order valence-corrected chi connectivity index (χ1v) is 6.11. The molecule has 1 fully saturated rings. The number of rotatable bonds is 5. The summed E-state index contributed by atoms with van der Waals surface area (Å²) in [4.78, 5) is 35.3. The number of likely N-dealkylation sites (tertiary alicyclic amines) is 1. The number of hydrogen-bond acceptors (Lipinski definition) is 4. The first-order chi connectivity index (χ1) is 8.62. The molecule has 0 aromatic rings. The normalized spacial score (nSPS) is 23.4. The van der Waals surface area contributed by atoms with E-state index in [1.54, 1.807) is 13.8 Å². The van der Waals surface area contributed by atoms with Crippen LogP contribution >= 0.6 is 0 Å². The summed E-state index contributed by atoms with van der Waals surface area (Å²) >= 11 is 0. The van der Waals surface area contributed by atoms with Gasteiger partial charge in [0.25, 0.3) is 0 Å². The molecule has 7 nitrogen and oxygen atoms in total. The van der Waals surface area contributed by atoms with Crippen LogP contribution in [-0.2, 0) is 14.4 Å². The van der Waals surface area contributed by atoms with E-state index in [1.807, 2.05) is 0 Å². The van der Waals surface area contributed by atoms with Crippen LogP contribution in [0.25, 0.3) is 0 Å². The van der Waals surface area contributed by atoms with Crippen LogP contribution in [-0.4, -0.2) is 51.6 Å². The Morgan fingerprint density at radius 1 is 1.32 bits per heavy atom. The van der Waals surface area contributed by atoms with Gasteiger partial charge in [0.05, 0.1) is 12.5 Å². The molecule has 19 heavy (non-hydrogen) atoms. The molecule has 0 spiro atoms. The van der Waals surface area contributed by atoms with E-state index in [4.69, 9.17) is 10.8 Å². The molecule has 0 saturated carbocycles. The molecule has 108 valence electrons. The zero-order valence-electron chi connectivity index (χ0n) is 11.1. The van der Waals surface area contributed by atoms with Crippen molar-refractivity contribution in [1.82, 2.24) is 4.90 Å². The Labute approximate surface area is 111 Å². The molecule has 0 bridgehead atoms. The number of nitrogens with zero attached hydrogens (tertiary/aromatic N) is 1. The highest BCUT2D eigenvalue weighted by Gasteiger charge is 2.39. The molecule has 1 rings (SSSR count). The maximum atomic E-state index is 12.1. The molecular weight excluding hydrogens is 252 g/mol. The second kappa shape index (κ2) is 5.56. The molecule has 1 saturated heterocycles. The van der Waals surface area contributed by atoms with E-state index >= 15 is 0 Å². The van der Waals surface area contributed by atoms with Gasteiger partial charge in [-0.2, -0.15) is 0 Å². The number of primary amides is 1. The van der Waals surface area contributed by atoms with Crippen LogP contribution in [0.2, 0.25) is 0 Å². The van der Waals surface area contributed by atoms with Gasteiger partial charge in [-0.3, -0.25) is 14.4 Å². The molecule has 7 heteroatoms. The number of carbonyl (C=O) groups excluding carboxylic acids is 2. The average Bonchev–Trinajstić information content (AvgIpc) is 2.57. The van der Waals surface area contributed by atoms with Crippen molar-refractivity contribution in [2.24, 2.45) is 11.1 Å². The number of β-amino-alcohol motifs (C(OH)–C–C–N with tert-alkyl or cyclic N) is 1. The van der Waals surface area contributed by atoms with Crippen molar-refractivity contribution in [2.75, 3.05) is 6.54 Å². The molecule has 2 amide bonds. The molecule has 0 aromatic heterocycles. The van der Waals surface area contributed by atoms with Crippen molar-refractivity contribution < 1.29 is 24.6 Å². The van der Waals surface area contributed by atoms with Gasteiger partial charge in [0.1, 0.15) is 6.04 Å². The lowest BCUT2D eigenvalue weighted by Gasteiger charge is -2.27. The van der Waals surface area contributed by atoms with Crippen LogP contribution in [0.5, 0.6) is 0 Å². The number of amides is 2. The third-order valence-corrected chi connectivity index (χ3v) is 3.19. The van der Waals surface area contributed by atoms with Crippen molar-refractivity contribution >= 4 is 17.8 Å². The number of nitrogens with two attached hydrogens (primary N) is 1. The van der Waals surface area contributed by atoms with E-state index < -0.39 is 29.4 Å². The van der Waals surface area contributed by atoms with Crippen LogP contribution in [0, 0.1) is 5.41 Å². The van der Waals surface area contributed by atoms with Crippen LogP contribution in [0.3, 0.4) is 0 Å². The third-order valence-electron chi connectivity index (χ3n) is 3.19. The first kappa shape index (κ1) is 15.4. The fourth-order valence-electron chi connectivity index (χ4n) is 2.34. The average molecular weight is 272 g/mol. The SMILES string of the molecule is CC(C)(CC(=O)O)CC(=O)N1CC(O)CC1C(N)=O. The second-order valence-corrected chi connectivity index (χ2v) is 5.77. The largest absolute Gasteiger partial charge is 0.481 e. The van der Waals surface area contributed by atoms with Crippen molar-refractivity contribution in [2.45, 2.75) is 45.3 Å². The number of aliphatic hydroxyl groups is 1. The highest BCUT2D eigenvalue weighted by atomic mass is 16.4. The molecule has 1 heterocycles. The van der Waals surface area contributed by atoms with Crippen LogP contribution < -0.4 is 5.73 Å². The van der Waals surface area contributed by atoms with Crippen LogP contribution in [0.15, 0.2) is 0 Å². The number of aliphatic hydroxyl groups excluding tert-OH is 1. The minimum Gasteiger partial charge on any atom is -0.481 e. The van der Waals surface area contributed by atoms with E-state index in [-0.39, 0.29) is 31.7 Å². The molecule has 0 radical (unpaired) electrons. The van der Waals surface area contributed by atoms with Crippen molar-refractivity contribution in [3.8, 4) is 0 Å². The molecule has 4 N–H and O–H groups in total. The van der Waals surface area contributed by atoms with Crippen molar-refractivity contribution in [1.29, 1.82) is 0 Å². The molecule has 1 aliphatic heterocycles. The Balaban J connectivity index is 2.71. The fraction of sp³-hybridized carbons (Fsp3) is 0.750. The zero-order valence-corrected chi connectivity index (χ0v) is 11.1. The summed E-state index contributed by atoms with van der Waals surface area (Å²) in [6.45, 7) is 3.41. The highest BCUT2D eigenvalue weighted by molar-refractivity contribution is 5.87. The minimum absolute atomic E-state index is 0.00417. The Morgan fingerprint density at radius 2 is 1.89 bits per heavy atom.